The van der Waals surface area contributed by atoms with E-state index in [1.165, 1.54) is 6.07 Å². The zero-order valence-corrected chi connectivity index (χ0v) is 12.0. The second kappa shape index (κ2) is 6.66. The number of piperidine rings is 1. The van der Waals surface area contributed by atoms with E-state index in [2.05, 4.69) is 0 Å². The zero-order valence-electron chi connectivity index (χ0n) is 12.0. The Balaban J connectivity index is 1.93. The fourth-order valence-electron chi connectivity index (χ4n) is 2.76. The maximum atomic E-state index is 12.7. The van der Waals surface area contributed by atoms with Crippen molar-refractivity contribution in [2.24, 2.45) is 11.7 Å². The van der Waals surface area contributed by atoms with Crippen molar-refractivity contribution in [2.45, 2.75) is 31.7 Å². The number of alkyl halides is 3. The molecule has 7 heteroatoms. The van der Waals surface area contributed by atoms with Gasteiger partial charge in [0.05, 0.1) is 5.56 Å². The van der Waals surface area contributed by atoms with Gasteiger partial charge in [-0.1, -0.05) is 18.2 Å². The maximum Gasteiger partial charge on any atom is 0.416 e. The molecule has 0 bridgehead atoms. The van der Waals surface area contributed by atoms with Gasteiger partial charge in [-0.15, -0.1) is 0 Å². The molecule has 1 aromatic carbocycles. The summed E-state index contributed by atoms with van der Waals surface area (Å²) in [4.78, 5) is 13.0. The second-order valence-corrected chi connectivity index (χ2v) is 5.66. The van der Waals surface area contributed by atoms with Gasteiger partial charge in [0.25, 0.3) is 0 Å². The molecule has 1 aliphatic heterocycles. The van der Waals surface area contributed by atoms with Crippen molar-refractivity contribution < 1.29 is 23.1 Å². The van der Waals surface area contributed by atoms with Gasteiger partial charge in [-0.25, -0.2) is 0 Å². The molecule has 2 rings (SSSR count). The first-order valence-electron chi connectivity index (χ1n) is 7.13. The fourth-order valence-corrected chi connectivity index (χ4v) is 2.76. The van der Waals surface area contributed by atoms with Gasteiger partial charge in [0.15, 0.2) is 0 Å². The lowest BCUT2D eigenvalue weighted by molar-refractivity contribution is -0.137. The molecule has 3 N–H and O–H groups in total. The van der Waals surface area contributed by atoms with Crippen LogP contribution in [-0.2, 0) is 17.5 Å². The highest BCUT2D eigenvalue weighted by atomic mass is 19.4. The number of nitrogens with two attached hydrogens (primary N) is 1. The molecule has 0 aliphatic carbocycles. The van der Waals surface area contributed by atoms with Crippen molar-refractivity contribution >= 4 is 5.91 Å². The van der Waals surface area contributed by atoms with Crippen LogP contribution in [0.15, 0.2) is 24.3 Å². The summed E-state index contributed by atoms with van der Waals surface area (Å²) in [5.41, 5.74) is 5.02. The summed E-state index contributed by atoms with van der Waals surface area (Å²) in [5.74, 6) is -0.897. The van der Waals surface area contributed by atoms with Crippen molar-refractivity contribution in [1.82, 2.24) is 4.90 Å². The molecule has 1 fully saturated rings. The summed E-state index contributed by atoms with van der Waals surface area (Å²) in [6, 6.07) is 5.28. The van der Waals surface area contributed by atoms with Crippen LogP contribution in [-0.4, -0.2) is 35.1 Å². The molecule has 122 valence electrons. The Hall–Kier alpha value is -1.60. The minimum Gasteiger partial charge on any atom is -0.383 e. The maximum absolute atomic E-state index is 12.7. The second-order valence-electron chi connectivity index (χ2n) is 5.66. The Morgan fingerprint density at radius 1 is 1.36 bits per heavy atom. The molecule has 0 aromatic heterocycles. The Morgan fingerprint density at radius 2 is 2.00 bits per heavy atom. The van der Waals surface area contributed by atoms with Gasteiger partial charge in [-0.2, -0.15) is 13.2 Å². The number of hydrogen-bond donors (Lipinski definition) is 2. The van der Waals surface area contributed by atoms with Crippen LogP contribution in [0.1, 0.15) is 24.0 Å². The van der Waals surface area contributed by atoms with Gasteiger partial charge in [-0.3, -0.25) is 9.69 Å². The molecule has 1 atom stereocenters. The van der Waals surface area contributed by atoms with Crippen LogP contribution in [0.3, 0.4) is 0 Å². The Kier molecular flexibility index (Phi) is 5.08. The first-order chi connectivity index (χ1) is 10.3. The number of halogens is 3. The summed E-state index contributed by atoms with van der Waals surface area (Å²) < 4.78 is 38.0. The van der Waals surface area contributed by atoms with E-state index in [0.29, 0.717) is 38.0 Å². The van der Waals surface area contributed by atoms with E-state index < -0.39 is 23.8 Å². The van der Waals surface area contributed by atoms with Crippen LogP contribution in [0.4, 0.5) is 13.2 Å². The SMILES string of the molecule is NC(=O)C(O)C1CCN(Cc2cccc(C(F)(F)F)c2)CC1. The average Bonchev–Trinajstić information content (AvgIpc) is 2.46. The molecular formula is C15H19F3N2O2. The quantitative estimate of drug-likeness (QED) is 0.889. The molecule has 4 nitrogen and oxygen atoms in total. The Bertz CT molecular complexity index is 526. The molecule has 1 aromatic rings. The first-order valence-corrected chi connectivity index (χ1v) is 7.13. The van der Waals surface area contributed by atoms with Gasteiger partial charge in [0.2, 0.25) is 5.91 Å². The highest BCUT2D eigenvalue weighted by Crippen LogP contribution is 2.30. The molecule has 22 heavy (non-hydrogen) atoms. The molecule has 0 spiro atoms. The normalized spacial score (nSPS) is 19.1. The van der Waals surface area contributed by atoms with Crippen LogP contribution in [0, 0.1) is 5.92 Å². The number of hydrogen-bond acceptors (Lipinski definition) is 3. The first kappa shape index (κ1) is 16.8. The molecule has 0 saturated carbocycles. The van der Waals surface area contributed by atoms with Gasteiger partial charge >= 0.3 is 6.18 Å². The van der Waals surface area contributed by atoms with E-state index in [-0.39, 0.29) is 5.92 Å². The van der Waals surface area contributed by atoms with Crippen LogP contribution in [0.5, 0.6) is 0 Å². The number of carbonyl (C=O) groups is 1. The lowest BCUT2D eigenvalue weighted by Gasteiger charge is -2.33. The fraction of sp³-hybridized carbons (Fsp3) is 0.533. The van der Waals surface area contributed by atoms with E-state index in [0.717, 1.165) is 12.1 Å². The number of aliphatic hydroxyl groups is 1. The lowest BCUT2D eigenvalue weighted by Crippen LogP contribution is -2.42. The third-order valence-electron chi connectivity index (χ3n) is 4.03. The van der Waals surface area contributed by atoms with Crippen LogP contribution < -0.4 is 5.73 Å². The number of likely N-dealkylation sites (tertiary alicyclic amines) is 1. The van der Waals surface area contributed by atoms with Crippen LogP contribution in [0.2, 0.25) is 0 Å². The molecule has 0 radical (unpaired) electrons. The topological polar surface area (TPSA) is 66.6 Å². The number of amides is 1. The summed E-state index contributed by atoms with van der Waals surface area (Å²) in [5, 5.41) is 9.64. The predicted octanol–water partition coefficient (Wildman–Crippen LogP) is 1.76. The Morgan fingerprint density at radius 3 is 2.55 bits per heavy atom. The predicted molar refractivity (Wildman–Crippen MR) is 74.6 cm³/mol. The molecule has 1 heterocycles. The van der Waals surface area contributed by atoms with E-state index in [4.69, 9.17) is 5.73 Å². The molecule has 1 amide bonds. The van der Waals surface area contributed by atoms with Gasteiger partial charge in [0.1, 0.15) is 6.10 Å². The summed E-state index contributed by atoms with van der Waals surface area (Å²) in [7, 11) is 0. The number of rotatable bonds is 4. The van der Waals surface area contributed by atoms with Gasteiger partial charge in [0, 0.05) is 6.54 Å². The highest BCUT2D eigenvalue weighted by molar-refractivity contribution is 5.78. The van der Waals surface area contributed by atoms with E-state index in [1.54, 1.807) is 6.07 Å². The summed E-state index contributed by atoms with van der Waals surface area (Å²) >= 11 is 0. The third kappa shape index (κ3) is 4.20. The van der Waals surface area contributed by atoms with Gasteiger partial charge < -0.3 is 10.8 Å². The zero-order chi connectivity index (χ0) is 16.3. The van der Waals surface area contributed by atoms with Crippen molar-refractivity contribution in [1.29, 1.82) is 0 Å². The lowest BCUT2D eigenvalue weighted by atomic mass is 9.90. The largest absolute Gasteiger partial charge is 0.416 e. The van der Waals surface area contributed by atoms with Crippen LogP contribution in [0.25, 0.3) is 0 Å². The van der Waals surface area contributed by atoms with E-state index in [1.807, 2.05) is 4.90 Å². The van der Waals surface area contributed by atoms with E-state index >= 15 is 0 Å². The Labute approximate surface area is 126 Å². The number of benzene rings is 1. The van der Waals surface area contributed by atoms with Crippen molar-refractivity contribution in [2.75, 3.05) is 13.1 Å². The minimum absolute atomic E-state index is 0.171. The highest BCUT2D eigenvalue weighted by Gasteiger charge is 2.31. The van der Waals surface area contributed by atoms with Gasteiger partial charge in [-0.05, 0) is 43.5 Å². The third-order valence-corrected chi connectivity index (χ3v) is 4.03. The number of aliphatic hydroxyl groups excluding tert-OH is 1. The summed E-state index contributed by atoms with van der Waals surface area (Å²) in [6.45, 7) is 1.65. The number of primary amides is 1. The molecule has 1 unspecified atom stereocenters. The van der Waals surface area contributed by atoms with E-state index in [9.17, 15) is 23.1 Å². The molecule has 1 aliphatic rings. The average molecular weight is 316 g/mol. The van der Waals surface area contributed by atoms with Crippen molar-refractivity contribution in [3.05, 3.63) is 35.4 Å². The van der Waals surface area contributed by atoms with Crippen molar-refractivity contribution in [3.8, 4) is 0 Å². The molecule has 1 saturated heterocycles. The standard InChI is InChI=1S/C15H19F3N2O2/c16-15(17,18)12-3-1-2-10(8-12)9-20-6-4-11(5-7-20)13(21)14(19)22/h1-3,8,11,13,21H,4-7,9H2,(H2,19,22). The number of nitrogens with zero attached hydrogens (tertiary/aromatic N) is 1. The summed E-state index contributed by atoms with van der Waals surface area (Å²) in [6.07, 6.45) is -4.28. The van der Waals surface area contributed by atoms with Crippen LogP contribution >= 0.6 is 0 Å². The smallest absolute Gasteiger partial charge is 0.383 e. The number of carbonyl (C=O) groups excluding carboxylic acids is 1. The van der Waals surface area contributed by atoms with Crippen molar-refractivity contribution in [3.63, 3.8) is 0 Å². The minimum atomic E-state index is -4.34. The monoisotopic (exact) mass is 316 g/mol. The molecular weight excluding hydrogens is 297 g/mol.